The van der Waals surface area contributed by atoms with Gasteiger partial charge in [0.05, 0.1) is 6.04 Å². The molecule has 0 spiro atoms. The fourth-order valence-corrected chi connectivity index (χ4v) is 5.95. The third-order valence-corrected chi connectivity index (χ3v) is 8.04. The molecule has 41 heavy (non-hydrogen) atoms. The van der Waals surface area contributed by atoms with Gasteiger partial charge >= 0.3 is 0 Å². The smallest absolute Gasteiger partial charge is 0.299 e. The number of likely N-dealkylation sites (tertiary alicyclic amines) is 1. The van der Waals surface area contributed by atoms with Crippen LogP contribution in [-0.2, 0) is 10.4 Å². The highest BCUT2D eigenvalue weighted by atomic mass is 16.3. The predicted octanol–water partition coefficient (Wildman–Crippen LogP) is 4.53. The molecule has 5 rings (SSSR count). The summed E-state index contributed by atoms with van der Waals surface area (Å²) in [4.78, 5) is 24.8. The van der Waals surface area contributed by atoms with Crippen molar-refractivity contribution in [3.8, 4) is 23.1 Å². The number of nitrogens with two attached hydrogens (primary N) is 1. The van der Waals surface area contributed by atoms with Crippen molar-refractivity contribution in [3.63, 3.8) is 0 Å². The number of fused-ring (bicyclic) bond motifs is 1. The second-order valence-corrected chi connectivity index (χ2v) is 11.3. The maximum absolute atomic E-state index is 13.4. The number of hydrogen-bond donors (Lipinski definition) is 3. The van der Waals surface area contributed by atoms with Gasteiger partial charge in [0.15, 0.2) is 0 Å². The number of anilines is 1. The topological polar surface area (TPSA) is 109 Å². The zero-order chi connectivity index (χ0) is 29.3. The van der Waals surface area contributed by atoms with E-state index in [2.05, 4.69) is 42.9 Å². The zero-order valence-corrected chi connectivity index (χ0v) is 24.3. The molecule has 4 atom stereocenters. The molecule has 212 valence electrons. The third kappa shape index (κ3) is 5.31. The van der Waals surface area contributed by atoms with E-state index in [1.807, 2.05) is 70.1 Å². The Morgan fingerprint density at radius 3 is 2.51 bits per heavy atom. The maximum atomic E-state index is 13.4. The summed E-state index contributed by atoms with van der Waals surface area (Å²) in [6.45, 7) is 10.5. The molecule has 2 aromatic heterocycles. The summed E-state index contributed by atoms with van der Waals surface area (Å²) in [6, 6.07) is 17.3. The van der Waals surface area contributed by atoms with Crippen LogP contribution in [0.4, 0.5) is 5.82 Å². The molecule has 0 radical (unpaired) electrons. The molecule has 0 saturated carbocycles. The number of carbonyl (C=O) groups excluding carboxylic acids is 1. The first kappa shape index (κ1) is 28.3. The summed E-state index contributed by atoms with van der Waals surface area (Å²) in [5.74, 6) is 6.58. The molecule has 8 heteroatoms. The first-order valence-corrected chi connectivity index (χ1v) is 14.1. The van der Waals surface area contributed by atoms with Crippen molar-refractivity contribution in [2.75, 3.05) is 12.3 Å². The van der Waals surface area contributed by atoms with Crippen LogP contribution in [0.25, 0.3) is 16.8 Å². The highest BCUT2D eigenvalue weighted by Gasteiger charge is 2.44. The molecule has 1 saturated heterocycles. The Hall–Kier alpha value is -4.19. The number of aromatic nitrogens is 3. The molecular formula is C33H38N6O2. The van der Waals surface area contributed by atoms with E-state index >= 15 is 0 Å². The van der Waals surface area contributed by atoms with Crippen LogP contribution >= 0.6 is 0 Å². The number of amides is 1. The lowest BCUT2D eigenvalue weighted by Crippen LogP contribution is -2.44. The molecule has 1 fully saturated rings. The molecule has 1 aliphatic heterocycles. The summed E-state index contributed by atoms with van der Waals surface area (Å²) in [6.07, 6.45) is 4.34. The van der Waals surface area contributed by atoms with E-state index in [1.54, 1.807) is 20.0 Å². The average Bonchev–Trinajstić information content (AvgIpc) is 3.50. The van der Waals surface area contributed by atoms with Crippen molar-refractivity contribution in [3.05, 3.63) is 83.9 Å². The van der Waals surface area contributed by atoms with Gasteiger partial charge in [0.2, 0.25) is 0 Å². The Labute approximate surface area is 241 Å². The SMILES string of the molecule is CC#CC(=O)N1C(c2nc(-c3ccc(C(C)(O)c4ccccc4)cc3)c3c(N)nccn23)[C@H](C)C[C@H]1CNC(C)C. The van der Waals surface area contributed by atoms with Crippen LogP contribution in [0.15, 0.2) is 67.0 Å². The van der Waals surface area contributed by atoms with Crippen LogP contribution in [-0.4, -0.2) is 48.9 Å². The molecule has 2 aromatic carbocycles. The number of nitrogens with one attached hydrogen (secondary N) is 1. The largest absolute Gasteiger partial charge is 0.382 e. The highest BCUT2D eigenvalue weighted by molar-refractivity contribution is 5.94. The monoisotopic (exact) mass is 550 g/mol. The summed E-state index contributed by atoms with van der Waals surface area (Å²) in [5, 5.41) is 14.8. The van der Waals surface area contributed by atoms with E-state index in [0.29, 0.717) is 29.6 Å². The van der Waals surface area contributed by atoms with Gasteiger partial charge in [-0.25, -0.2) is 9.97 Å². The number of benzene rings is 2. The van der Waals surface area contributed by atoms with Gasteiger partial charge in [-0.05, 0) is 43.2 Å². The Morgan fingerprint density at radius 2 is 1.85 bits per heavy atom. The molecule has 1 aliphatic rings. The first-order chi connectivity index (χ1) is 19.6. The number of hydrogen-bond acceptors (Lipinski definition) is 6. The summed E-state index contributed by atoms with van der Waals surface area (Å²) >= 11 is 0. The Kier molecular flexibility index (Phi) is 7.85. The highest BCUT2D eigenvalue weighted by Crippen LogP contribution is 2.42. The first-order valence-electron chi connectivity index (χ1n) is 14.1. The Balaban J connectivity index is 1.59. The zero-order valence-electron chi connectivity index (χ0n) is 24.3. The van der Waals surface area contributed by atoms with E-state index in [4.69, 9.17) is 10.7 Å². The van der Waals surface area contributed by atoms with Crippen molar-refractivity contribution in [1.29, 1.82) is 0 Å². The van der Waals surface area contributed by atoms with Crippen LogP contribution in [0.1, 0.15) is 64.0 Å². The lowest BCUT2D eigenvalue weighted by Gasteiger charge is -2.29. The van der Waals surface area contributed by atoms with Gasteiger partial charge in [0.1, 0.15) is 28.5 Å². The maximum Gasteiger partial charge on any atom is 0.299 e. The van der Waals surface area contributed by atoms with Gasteiger partial charge in [0.25, 0.3) is 5.91 Å². The van der Waals surface area contributed by atoms with Crippen LogP contribution in [0.2, 0.25) is 0 Å². The van der Waals surface area contributed by atoms with Crippen molar-refractivity contribution < 1.29 is 9.90 Å². The van der Waals surface area contributed by atoms with Crippen LogP contribution in [0, 0.1) is 17.8 Å². The predicted molar refractivity (Wildman–Crippen MR) is 162 cm³/mol. The van der Waals surface area contributed by atoms with E-state index in [9.17, 15) is 9.90 Å². The van der Waals surface area contributed by atoms with Crippen molar-refractivity contribution in [2.45, 2.75) is 64.8 Å². The molecule has 0 aliphatic carbocycles. The second kappa shape index (κ2) is 11.4. The summed E-state index contributed by atoms with van der Waals surface area (Å²) in [5.41, 5.74) is 9.08. The number of carbonyl (C=O) groups is 1. The van der Waals surface area contributed by atoms with Crippen LogP contribution in [0.5, 0.6) is 0 Å². The molecule has 4 N–H and O–H groups in total. The Morgan fingerprint density at radius 1 is 1.17 bits per heavy atom. The van der Waals surface area contributed by atoms with Crippen molar-refractivity contribution in [2.24, 2.45) is 5.92 Å². The minimum atomic E-state index is -1.15. The quantitative estimate of drug-likeness (QED) is 0.292. The molecule has 4 aromatic rings. The van der Waals surface area contributed by atoms with Crippen LogP contribution < -0.4 is 11.1 Å². The summed E-state index contributed by atoms with van der Waals surface area (Å²) in [7, 11) is 0. The molecule has 2 unspecified atom stereocenters. The molecule has 3 heterocycles. The van der Waals surface area contributed by atoms with E-state index in [1.165, 1.54) is 0 Å². The number of aliphatic hydroxyl groups is 1. The van der Waals surface area contributed by atoms with Gasteiger partial charge in [0, 0.05) is 36.6 Å². The lowest BCUT2D eigenvalue weighted by molar-refractivity contribution is -0.128. The number of nitrogen functional groups attached to an aromatic ring is 1. The second-order valence-electron chi connectivity index (χ2n) is 11.3. The minimum absolute atomic E-state index is 0.0137. The van der Waals surface area contributed by atoms with Crippen molar-refractivity contribution >= 4 is 17.2 Å². The third-order valence-electron chi connectivity index (χ3n) is 8.04. The van der Waals surface area contributed by atoms with Gasteiger partial charge < -0.3 is 21.1 Å². The molecular weight excluding hydrogens is 512 g/mol. The van der Waals surface area contributed by atoms with Gasteiger partial charge in [-0.2, -0.15) is 0 Å². The van der Waals surface area contributed by atoms with Gasteiger partial charge in [-0.3, -0.25) is 9.20 Å². The van der Waals surface area contributed by atoms with Gasteiger partial charge in [-0.15, -0.1) is 0 Å². The number of imidazole rings is 1. The van der Waals surface area contributed by atoms with Gasteiger partial charge in [-0.1, -0.05) is 81.3 Å². The van der Waals surface area contributed by atoms with E-state index < -0.39 is 5.60 Å². The lowest BCUT2D eigenvalue weighted by atomic mass is 9.87. The molecule has 8 nitrogen and oxygen atoms in total. The summed E-state index contributed by atoms with van der Waals surface area (Å²) < 4.78 is 1.96. The van der Waals surface area contributed by atoms with E-state index in [0.717, 1.165) is 28.9 Å². The molecule has 0 bridgehead atoms. The normalized spacial score (nSPS) is 20.2. The van der Waals surface area contributed by atoms with E-state index in [-0.39, 0.29) is 23.9 Å². The average molecular weight is 551 g/mol. The van der Waals surface area contributed by atoms with Crippen LogP contribution in [0.3, 0.4) is 0 Å². The minimum Gasteiger partial charge on any atom is -0.382 e. The standard InChI is InChI=1S/C33H38N6O2/c1-6-10-27(40)39-26(20-36-21(2)3)19-22(4)29(39)32-37-28(30-31(34)35-17-18-38(30)32)23-13-15-25(16-14-23)33(5,41)24-11-8-7-9-12-24/h7-9,11-18,21-22,26,29,36,41H,19-20H2,1-5H3,(H2,34,35)/t22-,26+,29?,33?/m1/s1. The number of nitrogens with zero attached hydrogens (tertiary/aromatic N) is 4. The fraction of sp³-hybridized carbons (Fsp3) is 0.364. The molecule has 1 amide bonds. The Bertz CT molecular complexity index is 1600. The van der Waals surface area contributed by atoms with Crippen molar-refractivity contribution in [1.82, 2.24) is 24.6 Å². The number of rotatable bonds is 7. The fourth-order valence-electron chi connectivity index (χ4n) is 5.95.